The molecule has 1 aromatic rings. The minimum absolute atomic E-state index is 0.589. The number of aliphatic hydroxyl groups excluding tert-OH is 3. The molecule has 0 unspecified atom stereocenters. The van der Waals surface area contributed by atoms with Crippen molar-refractivity contribution in [2.45, 2.75) is 6.48 Å². The number of phenols is 2. The van der Waals surface area contributed by atoms with Gasteiger partial charge < -0.3 is 40.5 Å². The molecular formula is C10H10O9. The van der Waals surface area contributed by atoms with Crippen molar-refractivity contribution < 1.29 is 45.3 Å². The van der Waals surface area contributed by atoms with Crippen LogP contribution in [0.3, 0.4) is 0 Å². The van der Waals surface area contributed by atoms with Gasteiger partial charge in [0.05, 0.1) is 5.56 Å². The van der Waals surface area contributed by atoms with Crippen LogP contribution in [0.4, 0.5) is 0 Å². The summed E-state index contributed by atoms with van der Waals surface area (Å²) in [7, 11) is 0. The van der Waals surface area contributed by atoms with E-state index in [-0.39, 0.29) is 0 Å². The molecule has 0 saturated heterocycles. The van der Waals surface area contributed by atoms with Crippen LogP contribution in [0.15, 0.2) is 17.9 Å². The Bertz CT molecular complexity index is 532. The SMILES string of the molecule is O=C(O)/C(O)=C(\O)c1ccc(O)c(OC(O)O)c1O. The van der Waals surface area contributed by atoms with Crippen LogP contribution in [0.5, 0.6) is 17.2 Å². The first kappa shape index (κ1) is 14.4. The zero-order valence-electron chi connectivity index (χ0n) is 9.18. The molecule has 0 aliphatic carbocycles. The van der Waals surface area contributed by atoms with Crippen LogP contribution in [-0.4, -0.2) is 48.2 Å². The molecule has 104 valence electrons. The van der Waals surface area contributed by atoms with Crippen molar-refractivity contribution in [3.63, 3.8) is 0 Å². The maximum absolute atomic E-state index is 10.4. The van der Waals surface area contributed by atoms with E-state index in [9.17, 15) is 20.1 Å². The molecular weight excluding hydrogens is 264 g/mol. The van der Waals surface area contributed by atoms with Crippen molar-refractivity contribution in [2.75, 3.05) is 0 Å². The lowest BCUT2D eigenvalue weighted by Crippen LogP contribution is -2.14. The van der Waals surface area contributed by atoms with Gasteiger partial charge in [0, 0.05) is 0 Å². The van der Waals surface area contributed by atoms with Crippen molar-refractivity contribution >= 4 is 11.7 Å². The van der Waals surface area contributed by atoms with Gasteiger partial charge in [0.15, 0.2) is 17.3 Å². The quantitative estimate of drug-likeness (QED) is 0.219. The number of phenolic OH excluding ortho intramolecular Hbond substituents is 2. The van der Waals surface area contributed by atoms with Gasteiger partial charge >= 0.3 is 12.4 Å². The molecule has 0 amide bonds. The first-order valence-electron chi connectivity index (χ1n) is 4.69. The number of carboxylic acids is 1. The highest BCUT2D eigenvalue weighted by Crippen LogP contribution is 2.41. The first-order valence-corrected chi connectivity index (χ1v) is 4.69. The summed E-state index contributed by atoms with van der Waals surface area (Å²) in [6.07, 6.45) is 0. The lowest BCUT2D eigenvalue weighted by atomic mass is 10.1. The third kappa shape index (κ3) is 2.97. The lowest BCUT2D eigenvalue weighted by molar-refractivity contribution is -0.180. The van der Waals surface area contributed by atoms with Gasteiger partial charge in [-0.15, -0.1) is 0 Å². The van der Waals surface area contributed by atoms with E-state index in [1.165, 1.54) is 0 Å². The van der Waals surface area contributed by atoms with Crippen molar-refractivity contribution in [3.8, 4) is 17.2 Å². The molecule has 0 bridgehead atoms. The van der Waals surface area contributed by atoms with Gasteiger partial charge in [0.1, 0.15) is 0 Å². The second-order valence-electron chi connectivity index (χ2n) is 3.26. The number of aliphatic hydroxyl groups is 4. The maximum Gasteiger partial charge on any atom is 0.374 e. The van der Waals surface area contributed by atoms with E-state index < -0.39 is 46.8 Å². The second-order valence-corrected chi connectivity index (χ2v) is 3.26. The highest BCUT2D eigenvalue weighted by atomic mass is 16.7. The van der Waals surface area contributed by atoms with Crippen LogP contribution in [0, 0.1) is 0 Å². The molecule has 7 N–H and O–H groups in total. The molecule has 1 aromatic carbocycles. The van der Waals surface area contributed by atoms with Gasteiger partial charge in [0.25, 0.3) is 0 Å². The molecule has 1 rings (SSSR count). The summed E-state index contributed by atoms with van der Waals surface area (Å²) in [5.41, 5.74) is -0.589. The fraction of sp³-hybridized carbons (Fsp3) is 0.100. The Morgan fingerprint density at radius 3 is 2.16 bits per heavy atom. The van der Waals surface area contributed by atoms with E-state index in [1.54, 1.807) is 0 Å². The van der Waals surface area contributed by atoms with Gasteiger partial charge in [-0.2, -0.15) is 0 Å². The molecule has 0 aromatic heterocycles. The molecule has 0 spiro atoms. The number of aromatic hydroxyl groups is 2. The van der Waals surface area contributed by atoms with Crippen LogP contribution in [0.25, 0.3) is 5.76 Å². The number of carboxylic acid groups (broad SMARTS) is 1. The number of benzene rings is 1. The monoisotopic (exact) mass is 274 g/mol. The summed E-state index contributed by atoms with van der Waals surface area (Å²) < 4.78 is 4.26. The number of hydrogen-bond acceptors (Lipinski definition) is 8. The van der Waals surface area contributed by atoms with Crippen LogP contribution < -0.4 is 4.74 Å². The number of rotatable bonds is 4. The number of carbonyl (C=O) groups is 1. The zero-order chi connectivity index (χ0) is 14.7. The zero-order valence-corrected chi connectivity index (χ0v) is 9.18. The molecule has 0 aliphatic rings. The molecule has 9 nitrogen and oxygen atoms in total. The summed E-state index contributed by atoms with van der Waals surface area (Å²) in [5, 5.41) is 63.0. The molecule has 0 radical (unpaired) electrons. The predicted octanol–water partition coefficient (Wildman–Crippen LogP) is -0.386. The Morgan fingerprint density at radius 1 is 1.11 bits per heavy atom. The molecule has 9 heteroatoms. The summed E-state index contributed by atoms with van der Waals surface area (Å²) >= 11 is 0. The number of hydrogen-bond donors (Lipinski definition) is 7. The van der Waals surface area contributed by atoms with Gasteiger partial charge in [-0.25, -0.2) is 4.79 Å². The molecule has 0 fully saturated rings. The Morgan fingerprint density at radius 2 is 1.68 bits per heavy atom. The van der Waals surface area contributed by atoms with Gasteiger partial charge in [-0.05, 0) is 12.1 Å². The third-order valence-electron chi connectivity index (χ3n) is 2.02. The normalized spacial score (nSPS) is 12.2. The smallest absolute Gasteiger partial charge is 0.374 e. The van der Waals surface area contributed by atoms with Gasteiger partial charge in [-0.3, -0.25) is 0 Å². The predicted molar refractivity (Wildman–Crippen MR) is 58.4 cm³/mol. The van der Waals surface area contributed by atoms with E-state index in [1.807, 2.05) is 0 Å². The van der Waals surface area contributed by atoms with E-state index in [4.69, 9.17) is 20.4 Å². The minimum Gasteiger partial charge on any atom is -0.504 e. The lowest BCUT2D eigenvalue weighted by Gasteiger charge is -2.13. The highest BCUT2D eigenvalue weighted by Gasteiger charge is 2.22. The maximum atomic E-state index is 10.4. The van der Waals surface area contributed by atoms with Crippen LogP contribution >= 0.6 is 0 Å². The van der Waals surface area contributed by atoms with E-state index in [0.29, 0.717) is 0 Å². The minimum atomic E-state index is -2.37. The Labute approximate surface area is 105 Å². The summed E-state index contributed by atoms with van der Waals surface area (Å²) in [5.74, 6) is -6.99. The largest absolute Gasteiger partial charge is 0.504 e. The van der Waals surface area contributed by atoms with Crippen molar-refractivity contribution in [3.05, 3.63) is 23.5 Å². The topological polar surface area (TPSA) is 168 Å². The third-order valence-corrected chi connectivity index (χ3v) is 2.02. The van der Waals surface area contributed by atoms with Gasteiger partial charge in [-0.1, -0.05) is 0 Å². The van der Waals surface area contributed by atoms with Crippen LogP contribution in [-0.2, 0) is 4.79 Å². The van der Waals surface area contributed by atoms with E-state index in [0.717, 1.165) is 12.1 Å². The molecule has 0 atom stereocenters. The van der Waals surface area contributed by atoms with E-state index in [2.05, 4.69) is 4.74 Å². The summed E-state index contributed by atoms with van der Waals surface area (Å²) in [6.45, 7) is -2.37. The fourth-order valence-electron chi connectivity index (χ4n) is 1.20. The number of aliphatic carboxylic acids is 1. The second kappa shape index (κ2) is 5.33. The highest BCUT2D eigenvalue weighted by molar-refractivity contribution is 5.92. The van der Waals surface area contributed by atoms with Crippen molar-refractivity contribution in [1.82, 2.24) is 0 Å². The Balaban J connectivity index is 3.40. The average Bonchev–Trinajstić information content (AvgIpc) is 2.32. The summed E-state index contributed by atoms with van der Waals surface area (Å²) in [4.78, 5) is 10.4. The van der Waals surface area contributed by atoms with Crippen molar-refractivity contribution in [1.29, 1.82) is 0 Å². The Hall–Kier alpha value is -2.65. The van der Waals surface area contributed by atoms with Crippen LogP contribution in [0.1, 0.15) is 5.56 Å². The van der Waals surface area contributed by atoms with E-state index >= 15 is 0 Å². The molecule has 0 aliphatic heterocycles. The fourth-order valence-corrected chi connectivity index (χ4v) is 1.20. The molecule has 0 saturated carbocycles. The standard InChI is InChI=1S/C10H10O9/c11-4-2-1-3(5(12)7(14)9(15)16)6(13)8(4)19-10(17)18/h1-2,10-14,17-18H,(H,15,16)/b7-5+. The first-order chi connectivity index (χ1) is 8.75. The van der Waals surface area contributed by atoms with Crippen LogP contribution in [0.2, 0.25) is 0 Å². The molecule has 0 heterocycles. The Kier molecular flexibility index (Phi) is 4.04. The summed E-state index contributed by atoms with van der Waals surface area (Å²) in [6, 6.07) is 1.76. The number of ether oxygens (including phenoxy) is 1. The molecule has 19 heavy (non-hydrogen) atoms. The van der Waals surface area contributed by atoms with Gasteiger partial charge in [0.2, 0.25) is 11.5 Å². The van der Waals surface area contributed by atoms with Crippen molar-refractivity contribution in [2.24, 2.45) is 0 Å². The average molecular weight is 274 g/mol.